The molecule has 0 bridgehead atoms. The summed E-state index contributed by atoms with van der Waals surface area (Å²) in [4.78, 5) is 0. The number of aliphatic hydroxyl groups is 1. The van der Waals surface area contributed by atoms with Crippen molar-refractivity contribution in [3.8, 4) is 0 Å². The fourth-order valence-corrected chi connectivity index (χ4v) is 3.46. The van der Waals surface area contributed by atoms with E-state index < -0.39 is 0 Å². The molecule has 0 aliphatic heterocycles. The number of hydrogen-bond donors (Lipinski definition) is 1. The lowest BCUT2D eigenvalue weighted by Crippen LogP contribution is -2.01. The van der Waals surface area contributed by atoms with Crippen LogP contribution >= 0.6 is 0 Å². The number of aryl methyl sites for hydroxylation is 6. The Morgan fingerprint density at radius 1 is 0.667 bits per heavy atom. The summed E-state index contributed by atoms with van der Waals surface area (Å²) in [6.45, 7) is 12.6. The normalized spacial score (nSPS) is 10.6. The lowest BCUT2D eigenvalue weighted by molar-refractivity contribution is 0.476. The molecule has 0 amide bonds. The molecule has 21 heavy (non-hydrogen) atoms. The molecule has 1 nitrogen and oxygen atoms in total. The van der Waals surface area contributed by atoms with Gasteiger partial charge in [-0.05, 0) is 74.9 Å². The van der Waals surface area contributed by atoms with E-state index in [0.29, 0.717) is 0 Å². The molecule has 1 N–H and O–H groups in total. The number of hydrogen-bond acceptors (Lipinski definition) is 1. The Morgan fingerprint density at radius 2 is 0.952 bits per heavy atom. The Hall–Kier alpha value is -2.02. The van der Waals surface area contributed by atoms with E-state index in [1.165, 1.54) is 39.6 Å². The Balaban J connectivity index is 2.73. The van der Waals surface area contributed by atoms with Gasteiger partial charge in [0.2, 0.25) is 0 Å². The average Bonchev–Trinajstić information content (AvgIpc) is 2.34. The Labute approximate surface area is 128 Å². The van der Waals surface area contributed by atoms with Gasteiger partial charge < -0.3 is 5.11 Å². The molecule has 0 aliphatic carbocycles. The second kappa shape index (κ2) is 5.77. The van der Waals surface area contributed by atoms with Gasteiger partial charge in [0.25, 0.3) is 0 Å². The van der Waals surface area contributed by atoms with Gasteiger partial charge in [0.1, 0.15) is 0 Å². The van der Waals surface area contributed by atoms with Crippen LogP contribution in [0.1, 0.15) is 44.5 Å². The van der Waals surface area contributed by atoms with Crippen molar-refractivity contribution < 1.29 is 5.11 Å². The smallest absolute Gasteiger partial charge is 0.0876 e. The van der Waals surface area contributed by atoms with E-state index >= 15 is 0 Å². The summed E-state index contributed by atoms with van der Waals surface area (Å²) in [6.07, 6.45) is 1.26. The lowest BCUT2D eigenvalue weighted by Gasteiger charge is -2.18. The summed E-state index contributed by atoms with van der Waals surface area (Å²) >= 11 is 0. The first-order valence-corrected chi connectivity index (χ1v) is 7.36. The molecule has 0 unspecified atom stereocenters. The van der Waals surface area contributed by atoms with Gasteiger partial charge in [0.15, 0.2) is 0 Å². The highest BCUT2D eigenvalue weighted by atomic mass is 16.2. The Morgan fingerprint density at radius 3 is 1.19 bits per heavy atom. The topological polar surface area (TPSA) is 20.2 Å². The molecule has 2 rings (SSSR count). The Kier molecular flexibility index (Phi) is 4.22. The number of aliphatic hydroxyl groups excluding tert-OH is 1. The molecule has 110 valence electrons. The van der Waals surface area contributed by atoms with Gasteiger partial charge in [0.05, 0.1) is 6.26 Å². The zero-order valence-corrected chi connectivity index (χ0v) is 13.8. The number of rotatable bonds is 2. The van der Waals surface area contributed by atoms with Crippen LogP contribution in [0.15, 0.2) is 30.5 Å². The monoisotopic (exact) mass is 280 g/mol. The molecular weight excluding hydrogens is 256 g/mol. The van der Waals surface area contributed by atoms with Crippen molar-refractivity contribution in [3.05, 3.63) is 75.0 Å². The standard InChI is InChI=1S/C20H24O/c1-12-7-14(3)19(15(4)8-12)18(11-21)20-16(5)9-13(2)10-17(20)6/h7-11,21H,1-6H3. The first-order valence-electron chi connectivity index (χ1n) is 7.36. The van der Waals surface area contributed by atoms with E-state index in [1.807, 2.05) is 0 Å². The van der Waals surface area contributed by atoms with Gasteiger partial charge in [-0.25, -0.2) is 0 Å². The molecular formula is C20H24O. The molecule has 0 heterocycles. The van der Waals surface area contributed by atoms with Crippen LogP contribution < -0.4 is 0 Å². The van der Waals surface area contributed by atoms with Gasteiger partial charge in [-0.3, -0.25) is 0 Å². The zero-order valence-electron chi connectivity index (χ0n) is 13.8. The SMILES string of the molecule is Cc1cc(C)c(C(=CO)c2c(C)cc(C)cc2C)c(C)c1. The summed E-state index contributed by atoms with van der Waals surface area (Å²) in [5.74, 6) is 0. The van der Waals surface area contributed by atoms with E-state index in [2.05, 4.69) is 65.8 Å². The zero-order chi connectivity index (χ0) is 15.7. The maximum absolute atomic E-state index is 9.91. The molecule has 0 saturated heterocycles. The predicted molar refractivity (Wildman–Crippen MR) is 91.0 cm³/mol. The van der Waals surface area contributed by atoms with E-state index in [4.69, 9.17) is 0 Å². The highest BCUT2D eigenvalue weighted by molar-refractivity contribution is 5.85. The lowest BCUT2D eigenvalue weighted by atomic mass is 9.86. The van der Waals surface area contributed by atoms with Gasteiger partial charge in [-0.15, -0.1) is 0 Å². The van der Waals surface area contributed by atoms with Crippen LogP contribution in [0, 0.1) is 41.5 Å². The molecule has 2 aromatic rings. The number of benzene rings is 2. The van der Waals surface area contributed by atoms with Crippen LogP contribution in [0.25, 0.3) is 5.57 Å². The summed E-state index contributed by atoms with van der Waals surface area (Å²) in [5.41, 5.74) is 10.5. The highest BCUT2D eigenvalue weighted by Crippen LogP contribution is 2.33. The summed E-state index contributed by atoms with van der Waals surface area (Å²) in [5, 5.41) is 9.91. The van der Waals surface area contributed by atoms with Crippen LogP contribution in [-0.4, -0.2) is 5.11 Å². The third-order valence-electron chi connectivity index (χ3n) is 4.02. The average molecular weight is 280 g/mol. The minimum absolute atomic E-state index is 0.917. The second-order valence-electron chi connectivity index (χ2n) is 6.09. The van der Waals surface area contributed by atoms with Gasteiger partial charge in [-0.1, -0.05) is 35.4 Å². The molecule has 0 aliphatic rings. The van der Waals surface area contributed by atoms with E-state index in [0.717, 1.165) is 16.7 Å². The van der Waals surface area contributed by atoms with Crippen molar-refractivity contribution in [1.82, 2.24) is 0 Å². The van der Waals surface area contributed by atoms with Crippen LogP contribution in [0.2, 0.25) is 0 Å². The van der Waals surface area contributed by atoms with Crippen molar-refractivity contribution in [3.63, 3.8) is 0 Å². The fraction of sp³-hybridized carbons (Fsp3) is 0.300. The van der Waals surface area contributed by atoms with E-state index in [9.17, 15) is 5.11 Å². The molecule has 0 saturated carbocycles. The van der Waals surface area contributed by atoms with Gasteiger partial charge >= 0.3 is 0 Å². The van der Waals surface area contributed by atoms with E-state index in [1.54, 1.807) is 0 Å². The minimum Gasteiger partial charge on any atom is -0.515 e. The second-order valence-corrected chi connectivity index (χ2v) is 6.09. The molecule has 0 fully saturated rings. The van der Waals surface area contributed by atoms with E-state index in [-0.39, 0.29) is 0 Å². The maximum Gasteiger partial charge on any atom is 0.0876 e. The summed E-state index contributed by atoms with van der Waals surface area (Å²) < 4.78 is 0. The first kappa shape index (κ1) is 15.4. The van der Waals surface area contributed by atoms with Crippen molar-refractivity contribution in [2.45, 2.75) is 41.5 Å². The third kappa shape index (κ3) is 2.87. The van der Waals surface area contributed by atoms with Crippen molar-refractivity contribution >= 4 is 5.57 Å². The molecule has 0 spiro atoms. The van der Waals surface area contributed by atoms with Crippen LogP contribution in [-0.2, 0) is 0 Å². The third-order valence-corrected chi connectivity index (χ3v) is 4.02. The van der Waals surface area contributed by atoms with Crippen molar-refractivity contribution in [2.24, 2.45) is 0 Å². The summed E-state index contributed by atoms with van der Waals surface area (Å²) in [7, 11) is 0. The summed E-state index contributed by atoms with van der Waals surface area (Å²) in [6, 6.07) is 8.69. The molecule has 1 heteroatoms. The molecule has 0 aromatic heterocycles. The molecule has 0 atom stereocenters. The Bertz CT molecular complexity index is 615. The largest absolute Gasteiger partial charge is 0.515 e. The molecule has 0 radical (unpaired) electrons. The van der Waals surface area contributed by atoms with Crippen LogP contribution in [0.4, 0.5) is 0 Å². The first-order chi connectivity index (χ1) is 9.85. The fourth-order valence-electron chi connectivity index (χ4n) is 3.46. The van der Waals surface area contributed by atoms with Crippen molar-refractivity contribution in [1.29, 1.82) is 0 Å². The van der Waals surface area contributed by atoms with Crippen molar-refractivity contribution in [2.75, 3.05) is 0 Å². The minimum atomic E-state index is 0.917. The van der Waals surface area contributed by atoms with Crippen LogP contribution in [0.5, 0.6) is 0 Å². The highest BCUT2D eigenvalue weighted by Gasteiger charge is 2.16. The maximum atomic E-state index is 9.91. The van der Waals surface area contributed by atoms with Gasteiger partial charge in [-0.2, -0.15) is 0 Å². The molecule has 2 aromatic carbocycles. The van der Waals surface area contributed by atoms with Gasteiger partial charge in [0, 0.05) is 5.57 Å². The predicted octanol–water partition coefficient (Wildman–Crippen LogP) is 5.48. The van der Waals surface area contributed by atoms with Crippen LogP contribution in [0.3, 0.4) is 0 Å². The quantitative estimate of drug-likeness (QED) is 0.722.